The van der Waals surface area contributed by atoms with Gasteiger partial charge < -0.3 is 14.4 Å². The maximum Gasteiger partial charge on any atom is 0.410 e. The lowest BCUT2D eigenvalue weighted by Crippen LogP contribution is -2.48. The van der Waals surface area contributed by atoms with Gasteiger partial charge >= 0.3 is 6.09 Å². The summed E-state index contributed by atoms with van der Waals surface area (Å²) in [5, 5.41) is 0. The van der Waals surface area contributed by atoms with Crippen LogP contribution >= 0.6 is 0 Å². The molecule has 0 radical (unpaired) electrons. The molecule has 0 aromatic heterocycles. The Balaban J connectivity index is 1.93. The van der Waals surface area contributed by atoms with Crippen molar-refractivity contribution in [1.29, 1.82) is 0 Å². The van der Waals surface area contributed by atoms with E-state index in [-0.39, 0.29) is 17.7 Å². The fraction of sp³-hybridized carbons (Fsp3) is 0.933. The summed E-state index contributed by atoms with van der Waals surface area (Å²) in [7, 11) is 0. The molecule has 4 nitrogen and oxygen atoms in total. The average molecular weight is 269 g/mol. The molecule has 110 valence electrons. The van der Waals surface area contributed by atoms with E-state index >= 15 is 0 Å². The summed E-state index contributed by atoms with van der Waals surface area (Å²) in [6.07, 6.45) is 5.26. The Bertz CT molecular complexity index is 321. The summed E-state index contributed by atoms with van der Waals surface area (Å²) in [5.74, 6) is 0. The molecule has 2 fully saturated rings. The predicted molar refractivity (Wildman–Crippen MR) is 74.2 cm³/mol. The summed E-state index contributed by atoms with van der Waals surface area (Å²) in [6.45, 7) is 9.22. The van der Waals surface area contributed by atoms with Crippen LogP contribution in [0.5, 0.6) is 0 Å². The summed E-state index contributed by atoms with van der Waals surface area (Å²) in [6, 6.07) is 0.182. The predicted octanol–water partition coefficient (Wildman–Crippen LogP) is 3.35. The van der Waals surface area contributed by atoms with Gasteiger partial charge in [-0.1, -0.05) is 6.92 Å². The molecule has 1 aliphatic heterocycles. The van der Waals surface area contributed by atoms with Gasteiger partial charge in [0.15, 0.2) is 0 Å². The summed E-state index contributed by atoms with van der Waals surface area (Å²) in [4.78, 5) is 14.1. The van der Waals surface area contributed by atoms with Gasteiger partial charge in [-0.25, -0.2) is 4.79 Å². The molecule has 0 N–H and O–H groups in total. The van der Waals surface area contributed by atoms with Crippen LogP contribution in [0.4, 0.5) is 4.79 Å². The van der Waals surface area contributed by atoms with E-state index in [4.69, 9.17) is 9.47 Å². The number of rotatable bonds is 3. The number of nitrogens with zero attached hydrogens (tertiary/aromatic N) is 1. The van der Waals surface area contributed by atoms with Crippen molar-refractivity contribution in [2.45, 2.75) is 77.0 Å². The monoisotopic (exact) mass is 269 g/mol. The van der Waals surface area contributed by atoms with Gasteiger partial charge in [0.25, 0.3) is 0 Å². The first-order valence-corrected chi connectivity index (χ1v) is 7.49. The van der Waals surface area contributed by atoms with E-state index in [1.807, 2.05) is 25.7 Å². The number of carbonyl (C=O) groups excluding carboxylic acids is 1. The van der Waals surface area contributed by atoms with Crippen molar-refractivity contribution in [1.82, 2.24) is 4.90 Å². The molecule has 0 aromatic carbocycles. The van der Waals surface area contributed by atoms with Crippen molar-refractivity contribution in [3.8, 4) is 0 Å². The summed E-state index contributed by atoms with van der Waals surface area (Å²) >= 11 is 0. The van der Waals surface area contributed by atoms with Crippen molar-refractivity contribution in [2.24, 2.45) is 0 Å². The molecule has 1 amide bonds. The van der Waals surface area contributed by atoms with Crippen LogP contribution in [0.1, 0.15) is 59.8 Å². The first kappa shape index (κ1) is 14.6. The van der Waals surface area contributed by atoms with Gasteiger partial charge in [0.2, 0.25) is 0 Å². The van der Waals surface area contributed by atoms with E-state index in [9.17, 15) is 4.79 Å². The largest absolute Gasteiger partial charge is 0.444 e. The molecule has 1 saturated heterocycles. The van der Waals surface area contributed by atoms with Gasteiger partial charge in [-0.3, -0.25) is 0 Å². The maximum absolute atomic E-state index is 12.3. The number of hydrogen-bond donors (Lipinski definition) is 0. The lowest BCUT2D eigenvalue weighted by atomic mass is 10.0. The Morgan fingerprint density at radius 2 is 2.05 bits per heavy atom. The number of ether oxygens (including phenoxy) is 2. The summed E-state index contributed by atoms with van der Waals surface area (Å²) < 4.78 is 11.5. The normalized spacial score (nSPS) is 25.2. The van der Waals surface area contributed by atoms with E-state index < -0.39 is 5.60 Å². The second kappa shape index (κ2) is 5.31. The molecule has 1 aliphatic carbocycles. The van der Waals surface area contributed by atoms with Crippen LogP contribution < -0.4 is 0 Å². The number of amides is 1. The Morgan fingerprint density at radius 3 is 2.47 bits per heavy atom. The fourth-order valence-electron chi connectivity index (χ4n) is 2.62. The highest BCUT2D eigenvalue weighted by Crippen LogP contribution is 2.46. The molecule has 1 saturated carbocycles. The van der Waals surface area contributed by atoms with Gasteiger partial charge in [-0.05, 0) is 52.9 Å². The third-order valence-corrected chi connectivity index (χ3v) is 3.86. The first-order valence-electron chi connectivity index (χ1n) is 7.49. The Morgan fingerprint density at radius 1 is 1.37 bits per heavy atom. The quantitative estimate of drug-likeness (QED) is 0.788. The molecule has 0 unspecified atom stereocenters. The smallest absolute Gasteiger partial charge is 0.410 e. The van der Waals surface area contributed by atoms with Crippen LogP contribution in [-0.2, 0) is 9.47 Å². The van der Waals surface area contributed by atoms with Crippen LogP contribution in [0, 0.1) is 0 Å². The van der Waals surface area contributed by atoms with Gasteiger partial charge in [0, 0.05) is 6.54 Å². The molecule has 1 heterocycles. The highest BCUT2D eigenvalue weighted by molar-refractivity contribution is 5.68. The molecular weight excluding hydrogens is 242 g/mol. The molecule has 2 rings (SSSR count). The van der Waals surface area contributed by atoms with Crippen molar-refractivity contribution in [3.63, 3.8) is 0 Å². The topological polar surface area (TPSA) is 38.8 Å². The second-order valence-electron chi connectivity index (χ2n) is 6.86. The van der Waals surface area contributed by atoms with E-state index in [1.165, 1.54) is 12.8 Å². The molecule has 2 aliphatic rings. The van der Waals surface area contributed by atoms with Crippen LogP contribution in [-0.4, -0.2) is 41.4 Å². The SMILES string of the molecule is CCCN(C(=O)OC(C)(C)C)[C@@H]1CCC2(CC2)OC1. The van der Waals surface area contributed by atoms with Crippen LogP contribution in [0.3, 0.4) is 0 Å². The molecule has 0 bridgehead atoms. The molecule has 19 heavy (non-hydrogen) atoms. The number of carbonyl (C=O) groups is 1. The minimum atomic E-state index is -0.434. The van der Waals surface area contributed by atoms with E-state index in [2.05, 4.69) is 6.92 Å². The van der Waals surface area contributed by atoms with E-state index in [0.29, 0.717) is 6.61 Å². The molecule has 0 aromatic rings. The van der Waals surface area contributed by atoms with Crippen LogP contribution in [0.25, 0.3) is 0 Å². The van der Waals surface area contributed by atoms with Crippen molar-refractivity contribution in [2.75, 3.05) is 13.2 Å². The minimum Gasteiger partial charge on any atom is -0.444 e. The first-order chi connectivity index (χ1) is 8.85. The highest BCUT2D eigenvalue weighted by atomic mass is 16.6. The van der Waals surface area contributed by atoms with Crippen LogP contribution in [0.15, 0.2) is 0 Å². The zero-order chi connectivity index (χ0) is 14.1. The van der Waals surface area contributed by atoms with Gasteiger partial charge in [0.1, 0.15) is 5.60 Å². The van der Waals surface area contributed by atoms with Crippen molar-refractivity contribution in [3.05, 3.63) is 0 Å². The standard InChI is InChI=1S/C15H27NO3/c1-5-10-16(13(17)19-14(2,3)4)12-6-7-15(8-9-15)18-11-12/h12H,5-11H2,1-4H3/t12-/m1/s1. The van der Waals surface area contributed by atoms with Gasteiger partial charge in [-0.15, -0.1) is 0 Å². The molecule has 1 spiro atoms. The van der Waals surface area contributed by atoms with Crippen molar-refractivity contribution < 1.29 is 14.3 Å². The number of hydrogen-bond acceptors (Lipinski definition) is 3. The second-order valence-corrected chi connectivity index (χ2v) is 6.86. The lowest BCUT2D eigenvalue weighted by molar-refractivity contribution is -0.0579. The van der Waals surface area contributed by atoms with Crippen LogP contribution in [0.2, 0.25) is 0 Å². The van der Waals surface area contributed by atoms with E-state index in [0.717, 1.165) is 25.8 Å². The Hall–Kier alpha value is -0.770. The fourth-order valence-corrected chi connectivity index (χ4v) is 2.62. The zero-order valence-electron chi connectivity index (χ0n) is 12.7. The average Bonchev–Trinajstić information content (AvgIpc) is 3.05. The molecule has 4 heteroatoms. The van der Waals surface area contributed by atoms with Gasteiger partial charge in [0.05, 0.1) is 18.2 Å². The lowest BCUT2D eigenvalue weighted by Gasteiger charge is -2.37. The summed E-state index contributed by atoms with van der Waals surface area (Å²) in [5.41, 5.74) is -0.251. The van der Waals surface area contributed by atoms with Crippen molar-refractivity contribution >= 4 is 6.09 Å². The third-order valence-electron chi connectivity index (χ3n) is 3.86. The van der Waals surface area contributed by atoms with E-state index in [1.54, 1.807) is 0 Å². The maximum atomic E-state index is 12.3. The highest BCUT2D eigenvalue weighted by Gasteiger charge is 2.48. The zero-order valence-corrected chi connectivity index (χ0v) is 12.7. The van der Waals surface area contributed by atoms with Gasteiger partial charge in [-0.2, -0.15) is 0 Å². The Kier molecular flexibility index (Phi) is 4.09. The molecule has 1 atom stereocenters. The Labute approximate surface area is 116 Å². The minimum absolute atomic E-state index is 0.182. The third kappa shape index (κ3) is 3.85. The molecular formula is C15H27NO3.